The Morgan fingerprint density at radius 1 is 1.00 bits per heavy atom. The van der Waals surface area contributed by atoms with Crippen LogP contribution < -0.4 is 5.32 Å². The number of anilines is 1. The van der Waals surface area contributed by atoms with E-state index in [9.17, 15) is 14.0 Å². The van der Waals surface area contributed by atoms with Crippen molar-refractivity contribution in [3.63, 3.8) is 0 Å². The highest BCUT2D eigenvalue weighted by atomic mass is 35.5. The van der Waals surface area contributed by atoms with Crippen LogP contribution in [-0.2, 0) is 10.2 Å². The van der Waals surface area contributed by atoms with Gasteiger partial charge in [-0.25, -0.2) is 9.18 Å². The van der Waals surface area contributed by atoms with E-state index in [1.54, 1.807) is 12.1 Å². The van der Waals surface area contributed by atoms with Crippen LogP contribution in [0.2, 0.25) is 5.02 Å². The molecule has 0 saturated heterocycles. The number of nitrogens with one attached hydrogen (secondary N) is 1. The first-order valence-electron chi connectivity index (χ1n) is 9.94. The van der Waals surface area contributed by atoms with Gasteiger partial charge in [-0.3, -0.25) is 4.79 Å². The molecule has 0 heterocycles. The summed E-state index contributed by atoms with van der Waals surface area (Å²) in [7, 11) is 1.17. The number of benzene rings is 3. The molecule has 3 aromatic rings. The topological polar surface area (TPSA) is 55.4 Å². The molecule has 0 aliphatic heterocycles. The molecule has 6 heteroatoms. The maximum Gasteiger partial charge on any atom is 0.340 e. The highest BCUT2D eigenvalue weighted by Gasteiger charge is 2.43. The van der Waals surface area contributed by atoms with Crippen LogP contribution in [-0.4, -0.2) is 25.4 Å². The van der Waals surface area contributed by atoms with Gasteiger partial charge in [-0.15, -0.1) is 0 Å². The lowest BCUT2D eigenvalue weighted by Crippen LogP contribution is -2.19. The maximum atomic E-state index is 13.8. The summed E-state index contributed by atoms with van der Waals surface area (Å²) >= 11 is 5.99. The van der Waals surface area contributed by atoms with Crippen molar-refractivity contribution < 1.29 is 18.7 Å². The van der Waals surface area contributed by atoms with Gasteiger partial charge in [-0.1, -0.05) is 23.7 Å². The molecule has 0 amide bonds. The van der Waals surface area contributed by atoms with Crippen LogP contribution in [0.25, 0.3) is 0 Å². The van der Waals surface area contributed by atoms with Crippen molar-refractivity contribution in [2.24, 2.45) is 0 Å². The minimum atomic E-state index is -0.818. The maximum absolute atomic E-state index is 13.8. The Kier molecular flexibility index (Phi) is 5.79. The average molecular weight is 438 g/mol. The Morgan fingerprint density at radius 3 is 2.26 bits per heavy atom. The molecule has 0 bridgehead atoms. The average Bonchev–Trinajstić information content (AvgIpc) is 3.59. The summed E-state index contributed by atoms with van der Waals surface area (Å²) < 4.78 is 18.4. The third-order valence-corrected chi connectivity index (χ3v) is 5.97. The number of ketones is 1. The van der Waals surface area contributed by atoms with Gasteiger partial charge in [0.1, 0.15) is 5.82 Å². The Hall–Kier alpha value is -3.18. The van der Waals surface area contributed by atoms with Gasteiger partial charge in [0.05, 0.1) is 12.7 Å². The van der Waals surface area contributed by atoms with E-state index < -0.39 is 11.8 Å². The van der Waals surface area contributed by atoms with E-state index in [0.29, 0.717) is 5.56 Å². The Labute approximate surface area is 185 Å². The molecule has 0 atom stereocenters. The molecule has 0 spiro atoms. The molecule has 3 aromatic carbocycles. The number of methoxy groups -OCH3 is 1. The summed E-state index contributed by atoms with van der Waals surface area (Å²) in [5.74, 6) is -1.84. The van der Waals surface area contributed by atoms with Gasteiger partial charge in [0.15, 0.2) is 5.78 Å². The number of rotatable bonds is 7. The minimum absolute atomic E-state index is 0.122. The molecule has 31 heavy (non-hydrogen) atoms. The van der Waals surface area contributed by atoms with Gasteiger partial charge in [0.2, 0.25) is 0 Å². The van der Waals surface area contributed by atoms with E-state index in [0.717, 1.165) is 36.2 Å². The lowest BCUT2D eigenvalue weighted by molar-refractivity contribution is 0.0595. The van der Waals surface area contributed by atoms with E-state index in [4.69, 9.17) is 11.6 Å². The number of halogens is 2. The van der Waals surface area contributed by atoms with E-state index in [2.05, 4.69) is 22.2 Å². The summed E-state index contributed by atoms with van der Waals surface area (Å²) in [4.78, 5) is 24.4. The number of carbonyl (C=O) groups excluding carboxylic acids is 2. The second-order valence-corrected chi connectivity index (χ2v) is 8.17. The molecule has 4 rings (SSSR count). The van der Waals surface area contributed by atoms with Crippen molar-refractivity contribution in [1.82, 2.24) is 0 Å². The van der Waals surface area contributed by atoms with E-state index in [1.165, 1.54) is 24.8 Å². The summed E-state index contributed by atoms with van der Waals surface area (Å²) in [6.07, 6.45) is 2.23. The first kappa shape index (κ1) is 21.1. The molecule has 1 saturated carbocycles. The Balaban J connectivity index is 1.44. The van der Waals surface area contributed by atoms with Crippen LogP contribution in [0.3, 0.4) is 0 Å². The summed E-state index contributed by atoms with van der Waals surface area (Å²) in [6, 6.07) is 18.8. The molecular weight excluding hydrogens is 417 g/mol. The van der Waals surface area contributed by atoms with Crippen molar-refractivity contribution in [3.05, 3.63) is 99.8 Å². The quantitative estimate of drug-likeness (QED) is 0.384. The van der Waals surface area contributed by atoms with Crippen molar-refractivity contribution in [2.75, 3.05) is 19.0 Å². The molecule has 1 aliphatic carbocycles. The Morgan fingerprint density at radius 2 is 1.65 bits per heavy atom. The van der Waals surface area contributed by atoms with Crippen LogP contribution in [0.5, 0.6) is 0 Å². The second-order valence-electron chi connectivity index (χ2n) is 7.73. The van der Waals surface area contributed by atoms with Crippen LogP contribution in [0.15, 0.2) is 66.7 Å². The normalized spacial score (nSPS) is 14.0. The van der Waals surface area contributed by atoms with Gasteiger partial charge in [0.25, 0.3) is 0 Å². The van der Waals surface area contributed by atoms with Gasteiger partial charge in [-0.05, 0) is 73.0 Å². The molecule has 0 unspecified atom stereocenters. The second kappa shape index (κ2) is 8.52. The van der Waals surface area contributed by atoms with Crippen molar-refractivity contribution in [2.45, 2.75) is 18.3 Å². The summed E-state index contributed by atoms with van der Waals surface area (Å²) in [5, 5.41) is 4.18. The highest BCUT2D eigenvalue weighted by Crippen LogP contribution is 2.48. The Bertz CT molecular complexity index is 1120. The van der Waals surface area contributed by atoms with Crippen LogP contribution in [0.4, 0.5) is 10.1 Å². The number of ether oxygens (including phenoxy) is 1. The molecule has 1 fully saturated rings. The number of hydrogen-bond acceptors (Lipinski definition) is 4. The van der Waals surface area contributed by atoms with Gasteiger partial charge >= 0.3 is 5.97 Å². The molecule has 158 valence electrons. The van der Waals surface area contributed by atoms with Crippen LogP contribution in [0, 0.1) is 5.82 Å². The van der Waals surface area contributed by atoms with Crippen LogP contribution >= 0.6 is 11.6 Å². The third-order valence-electron chi connectivity index (χ3n) is 5.72. The predicted octanol–water partition coefficient (Wildman–Crippen LogP) is 5.64. The fourth-order valence-electron chi connectivity index (χ4n) is 3.63. The zero-order valence-corrected chi connectivity index (χ0v) is 17.7. The lowest BCUT2D eigenvalue weighted by Gasteiger charge is -2.18. The van der Waals surface area contributed by atoms with Gasteiger partial charge in [0, 0.05) is 33.8 Å². The SMILES string of the molecule is COC(=O)c1cc(C(=O)c2ccc(NCC3(c4ccc(Cl)cc4)CC3)cc2)ccc1F. The number of hydrogen-bond donors (Lipinski definition) is 1. The molecule has 0 aromatic heterocycles. The summed E-state index contributed by atoms with van der Waals surface area (Å²) in [6.45, 7) is 0.794. The van der Waals surface area contributed by atoms with E-state index >= 15 is 0 Å². The largest absolute Gasteiger partial charge is 0.465 e. The zero-order valence-electron chi connectivity index (χ0n) is 17.0. The fourth-order valence-corrected chi connectivity index (χ4v) is 3.76. The first-order valence-corrected chi connectivity index (χ1v) is 10.3. The molecule has 1 aliphatic rings. The van der Waals surface area contributed by atoms with Crippen molar-refractivity contribution in [1.29, 1.82) is 0 Å². The van der Waals surface area contributed by atoms with Crippen LogP contribution in [0.1, 0.15) is 44.7 Å². The molecule has 0 radical (unpaired) electrons. The van der Waals surface area contributed by atoms with Crippen molar-refractivity contribution in [3.8, 4) is 0 Å². The number of carbonyl (C=O) groups is 2. The first-order chi connectivity index (χ1) is 14.9. The third kappa shape index (κ3) is 4.47. The summed E-state index contributed by atoms with van der Waals surface area (Å²) in [5.41, 5.74) is 2.72. The van der Waals surface area contributed by atoms with E-state index in [-0.39, 0.29) is 22.3 Å². The standard InChI is InChI=1S/C25H21ClFNO3/c1-31-24(30)21-14-17(4-11-22(21)27)23(29)16-2-9-20(10-3-16)28-15-25(12-13-25)18-5-7-19(26)8-6-18/h2-11,14,28H,12-13,15H2,1H3. The highest BCUT2D eigenvalue weighted by molar-refractivity contribution is 6.30. The number of esters is 1. The monoisotopic (exact) mass is 437 g/mol. The van der Waals surface area contributed by atoms with Gasteiger partial charge < -0.3 is 10.1 Å². The smallest absolute Gasteiger partial charge is 0.340 e. The predicted molar refractivity (Wildman–Crippen MR) is 118 cm³/mol. The molecule has 4 nitrogen and oxygen atoms in total. The zero-order chi connectivity index (χ0) is 22.0. The van der Waals surface area contributed by atoms with E-state index in [1.807, 2.05) is 24.3 Å². The van der Waals surface area contributed by atoms with Gasteiger partial charge in [-0.2, -0.15) is 0 Å². The lowest BCUT2D eigenvalue weighted by atomic mass is 9.96. The molecular formula is C25H21ClFNO3. The minimum Gasteiger partial charge on any atom is -0.465 e. The van der Waals surface area contributed by atoms with Crippen molar-refractivity contribution >= 4 is 29.0 Å². The fraction of sp³-hybridized carbons (Fsp3) is 0.200. The molecule has 1 N–H and O–H groups in total.